The van der Waals surface area contributed by atoms with Gasteiger partial charge in [-0.05, 0) is 47.3 Å². The minimum atomic E-state index is -0.434. The Morgan fingerprint density at radius 1 is 1.47 bits per heavy atom. The van der Waals surface area contributed by atoms with Crippen molar-refractivity contribution in [2.45, 2.75) is 31.3 Å². The third-order valence-electron chi connectivity index (χ3n) is 3.89. The van der Waals surface area contributed by atoms with Gasteiger partial charge in [0, 0.05) is 16.6 Å². The first-order chi connectivity index (χ1) is 9.04. The molecule has 2 fully saturated rings. The molecule has 2 heterocycles. The number of halogens is 3. The molecule has 2 bridgehead atoms. The summed E-state index contributed by atoms with van der Waals surface area (Å²) in [4.78, 5) is 12.3. The van der Waals surface area contributed by atoms with Crippen LogP contribution in [0.3, 0.4) is 0 Å². The average Bonchev–Trinajstić information content (AvgIpc) is 2.95. The van der Waals surface area contributed by atoms with Gasteiger partial charge in [0.15, 0.2) is 0 Å². The lowest BCUT2D eigenvalue weighted by molar-refractivity contribution is -0.120. The van der Waals surface area contributed by atoms with E-state index in [4.69, 9.17) is 11.6 Å². The first-order valence-electron chi connectivity index (χ1n) is 6.26. The summed E-state index contributed by atoms with van der Waals surface area (Å²) in [5, 5.41) is 6.43. The van der Waals surface area contributed by atoms with Crippen LogP contribution in [0.4, 0.5) is 10.1 Å². The number of nitrogens with one attached hydrogen (secondary N) is 2. The van der Waals surface area contributed by atoms with E-state index in [9.17, 15) is 9.18 Å². The van der Waals surface area contributed by atoms with E-state index in [0.717, 1.165) is 19.3 Å². The third kappa shape index (κ3) is 2.51. The molecule has 0 saturated carbocycles. The normalized spacial score (nSPS) is 28.7. The molecule has 1 aromatic rings. The number of fused-ring (bicyclic) bond motifs is 2. The Morgan fingerprint density at radius 2 is 2.26 bits per heavy atom. The van der Waals surface area contributed by atoms with E-state index in [2.05, 4.69) is 26.6 Å². The maximum absolute atomic E-state index is 13.1. The number of rotatable bonds is 2. The highest BCUT2D eigenvalue weighted by molar-refractivity contribution is 9.10. The SMILES string of the molecule is O=C(Nc1c(Cl)cc(F)cc1Br)C1CC2CCC1N2. The number of carbonyl (C=O) groups excluding carboxylic acids is 1. The van der Waals surface area contributed by atoms with Crippen molar-refractivity contribution in [2.24, 2.45) is 5.92 Å². The zero-order chi connectivity index (χ0) is 13.6. The number of hydrogen-bond donors (Lipinski definition) is 2. The summed E-state index contributed by atoms with van der Waals surface area (Å²) >= 11 is 9.19. The molecule has 3 atom stereocenters. The molecule has 1 aromatic carbocycles. The van der Waals surface area contributed by atoms with Gasteiger partial charge in [0.1, 0.15) is 5.82 Å². The topological polar surface area (TPSA) is 41.1 Å². The highest BCUT2D eigenvalue weighted by Crippen LogP contribution is 2.36. The predicted molar refractivity (Wildman–Crippen MR) is 75.8 cm³/mol. The van der Waals surface area contributed by atoms with Crippen LogP contribution in [0.1, 0.15) is 19.3 Å². The summed E-state index contributed by atoms with van der Waals surface area (Å²) in [6.07, 6.45) is 3.06. The van der Waals surface area contributed by atoms with Crippen LogP contribution in [-0.2, 0) is 4.79 Å². The van der Waals surface area contributed by atoms with Crippen LogP contribution in [0.25, 0.3) is 0 Å². The van der Waals surface area contributed by atoms with Crippen molar-refractivity contribution in [3.05, 3.63) is 27.4 Å². The maximum atomic E-state index is 13.1. The van der Waals surface area contributed by atoms with Crippen LogP contribution in [-0.4, -0.2) is 18.0 Å². The summed E-state index contributed by atoms with van der Waals surface area (Å²) in [6, 6.07) is 3.22. The van der Waals surface area contributed by atoms with Gasteiger partial charge < -0.3 is 10.6 Å². The van der Waals surface area contributed by atoms with Gasteiger partial charge in [-0.25, -0.2) is 4.39 Å². The van der Waals surface area contributed by atoms with E-state index < -0.39 is 5.82 Å². The van der Waals surface area contributed by atoms with Crippen molar-refractivity contribution in [2.75, 3.05) is 5.32 Å². The molecule has 1 amide bonds. The minimum Gasteiger partial charge on any atom is -0.324 e. The highest BCUT2D eigenvalue weighted by atomic mass is 79.9. The highest BCUT2D eigenvalue weighted by Gasteiger charge is 2.42. The molecule has 3 unspecified atom stereocenters. The lowest BCUT2D eigenvalue weighted by Crippen LogP contribution is -2.33. The van der Waals surface area contributed by atoms with Crippen LogP contribution in [0.5, 0.6) is 0 Å². The van der Waals surface area contributed by atoms with E-state index >= 15 is 0 Å². The summed E-state index contributed by atoms with van der Waals surface area (Å²) in [7, 11) is 0. The molecule has 3 nitrogen and oxygen atoms in total. The van der Waals surface area contributed by atoms with Gasteiger partial charge in [-0.15, -0.1) is 0 Å². The Kier molecular flexibility index (Phi) is 3.53. The van der Waals surface area contributed by atoms with Crippen LogP contribution in [0.2, 0.25) is 5.02 Å². The fourth-order valence-electron chi connectivity index (χ4n) is 2.99. The van der Waals surface area contributed by atoms with E-state index in [1.807, 2.05) is 0 Å². The van der Waals surface area contributed by atoms with Crippen LogP contribution >= 0.6 is 27.5 Å². The fraction of sp³-hybridized carbons (Fsp3) is 0.462. The molecule has 19 heavy (non-hydrogen) atoms. The molecule has 0 radical (unpaired) electrons. The van der Waals surface area contributed by atoms with Gasteiger partial charge >= 0.3 is 0 Å². The monoisotopic (exact) mass is 346 g/mol. The number of benzene rings is 1. The molecule has 2 N–H and O–H groups in total. The molecule has 102 valence electrons. The van der Waals surface area contributed by atoms with E-state index in [1.54, 1.807) is 0 Å². The standard InChI is InChI=1S/C13H13BrClFN2O/c14-9-3-6(16)4-10(15)12(9)18-13(19)8-5-7-1-2-11(8)17-7/h3-4,7-8,11,17H,1-2,5H2,(H,18,19). The molecular weight excluding hydrogens is 335 g/mol. The lowest BCUT2D eigenvalue weighted by atomic mass is 9.88. The van der Waals surface area contributed by atoms with E-state index in [1.165, 1.54) is 12.1 Å². The largest absolute Gasteiger partial charge is 0.324 e. The number of hydrogen-bond acceptors (Lipinski definition) is 2. The van der Waals surface area contributed by atoms with Crippen molar-refractivity contribution >= 4 is 39.1 Å². The van der Waals surface area contributed by atoms with Crippen molar-refractivity contribution in [1.29, 1.82) is 0 Å². The summed E-state index contributed by atoms with van der Waals surface area (Å²) in [5.41, 5.74) is 0.441. The number of amides is 1. The van der Waals surface area contributed by atoms with Crippen molar-refractivity contribution in [3.63, 3.8) is 0 Å². The van der Waals surface area contributed by atoms with Gasteiger partial charge in [-0.1, -0.05) is 11.6 Å². The molecular formula is C13H13BrClFN2O. The van der Waals surface area contributed by atoms with E-state index in [0.29, 0.717) is 16.2 Å². The third-order valence-corrected chi connectivity index (χ3v) is 4.82. The predicted octanol–water partition coefficient (Wildman–Crippen LogP) is 3.32. The number of anilines is 1. The Balaban J connectivity index is 1.77. The molecule has 3 rings (SSSR count). The summed E-state index contributed by atoms with van der Waals surface area (Å²) in [5.74, 6) is -0.503. The Morgan fingerprint density at radius 3 is 2.84 bits per heavy atom. The second-order valence-electron chi connectivity index (χ2n) is 5.12. The van der Waals surface area contributed by atoms with Crippen LogP contribution in [0.15, 0.2) is 16.6 Å². The molecule has 6 heteroatoms. The Labute approximate surface area is 124 Å². The molecule has 0 aromatic heterocycles. The van der Waals surface area contributed by atoms with Gasteiger partial charge in [0.25, 0.3) is 0 Å². The first kappa shape index (κ1) is 13.3. The van der Waals surface area contributed by atoms with Gasteiger partial charge in [-0.3, -0.25) is 4.79 Å². The summed E-state index contributed by atoms with van der Waals surface area (Å²) in [6.45, 7) is 0. The quantitative estimate of drug-likeness (QED) is 0.862. The zero-order valence-electron chi connectivity index (χ0n) is 10.1. The molecule has 0 aliphatic carbocycles. The smallest absolute Gasteiger partial charge is 0.229 e. The summed E-state index contributed by atoms with van der Waals surface area (Å²) < 4.78 is 13.6. The van der Waals surface area contributed by atoms with Crippen LogP contribution < -0.4 is 10.6 Å². The second kappa shape index (κ2) is 5.04. The maximum Gasteiger partial charge on any atom is 0.229 e. The van der Waals surface area contributed by atoms with Crippen molar-refractivity contribution in [1.82, 2.24) is 5.32 Å². The van der Waals surface area contributed by atoms with Gasteiger partial charge in [-0.2, -0.15) is 0 Å². The first-order valence-corrected chi connectivity index (χ1v) is 7.43. The average molecular weight is 348 g/mol. The van der Waals surface area contributed by atoms with E-state index in [-0.39, 0.29) is 22.9 Å². The van der Waals surface area contributed by atoms with Gasteiger partial charge in [0.05, 0.1) is 16.6 Å². The van der Waals surface area contributed by atoms with Gasteiger partial charge in [0.2, 0.25) is 5.91 Å². The Bertz CT molecular complexity index is 516. The van der Waals surface area contributed by atoms with Crippen molar-refractivity contribution < 1.29 is 9.18 Å². The minimum absolute atomic E-state index is 0.0215. The molecule has 2 saturated heterocycles. The molecule has 0 spiro atoms. The fourth-order valence-corrected chi connectivity index (χ4v) is 3.89. The zero-order valence-corrected chi connectivity index (χ0v) is 12.4. The second-order valence-corrected chi connectivity index (χ2v) is 6.38. The molecule has 2 aliphatic heterocycles. The molecule has 2 aliphatic rings. The Hall–Kier alpha value is -0.650. The number of carbonyl (C=O) groups is 1. The van der Waals surface area contributed by atoms with Crippen LogP contribution in [0, 0.1) is 11.7 Å². The lowest BCUT2D eigenvalue weighted by Gasteiger charge is -2.20. The van der Waals surface area contributed by atoms with Crippen molar-refractivity contribution in [3.8, 4) is 0 Å².